The second kappa shape index (κ2) is 5.85. The molecule has 3 rings (SSSR count). The van der Waals surface area contributed by atoms with Crippen LogP contribution in [0.4, 0.5) is 0 Å². The Labute approximate surface area is 126 Å². The monoisotopic (exact) mass is 333 g/mol. The molecule has 2 N–H and O–H groups in total. The summed E-state index contributed by atoms with van der Waals surface area (Å²) in [5.74, 6) is 1.24. The third kappa shape index (κ3) is 2.81. The molecule has 0 aromatic heterocycles. The highest BCUT2D eigenvalue weighted by molar-refractivity contribution is 9.10. The second-order valence-electron chi connectivity index (χ2n) is 4.89. The number of rotatable bonds is 3. The number of halogens is 1. The Hall–Kier alpha value is -1.52. The van der Waals surface area contributed by atoms with Crippen molar-refractivity contribution in [1.82, 2.24) is 5.32 Å². The molecule has 4 heteroatoms. The third-order valence-corrected chi connectivity index (χ3v) is 4.16. The van der Waals surface area contributed by atoms with E-state index in [0.717, 1.165) is 35.4 Å². The molecule has 0 fully saturated rings. The van der Waals surface area contributed by atoms with Gasteiger partial charge in [0.1, 0.15) is 11.5 Å². The predicted octanol–water partition coefficient (Wildman–Crippen LogP) is 3.77. The fraction of sp³-hybridized carbons (Fsp3) is 0.250. The lowest BCUT2D eigenvalue weighted by molar-refractivity contribution is 0.252. The minimum absolute atomic E-state index is 0.269. The van der Waals surface area contributed by atoms with E-state index in [-0.39, 0.29) is 5.75 Å². The van der Waals surface area contributed by atoms with Crippen LogP contribution >= 0.6 is 15.9 Å². The number of ether oxygens (including phenoxy) is 1. The van der Waals surface area contributed by atoms with E-state index in [4.69, 9.17) is 4.74 Å². The Balaban J connectivity index is 1.71. The molecule has 1 heterocycles. The first-order chi connectivity index (χ1) is 9.74. The maximum Gasteiger partial charge on any atom is 0.129 e. The van der Waals surface area contributed by atoms with Crippen molar-refractivity contribution >= 4 is 15.9 Å². The van der Waals surface area contributed by atoms with Crippen molar-refractivity contribution in [3.8, 4) is 11.5 Å². The zero-order valence-corrected chi connectivity index (χ0v) is 12.6. The lowest BCUT2D eigenvalue weighted by Crippen LogP contribution is -2.26. The summed E-state index contributed by atoms with van der Waals surface area (Å²) >= 11 is 3.34. The van der Waals surface area contributed by atoms with Gasteiger partial charge in [-0.25, -0.2) is 0 Å². The average Bonchev–Trinajstić information content (AvgIpc) is 2.48. The molecular weight excluding hydrogens is 318 g/mol. The molecule has 0 bridgehead atoms. The second-order valence-corrected chi connectivity index (χ2v) is 5.75. The van der Waals surface area contributed by atoms with Gasteiger partial charge in [0.15, 0.2) is 0 Å². The van der Waals surface area contributed by atoms with Crippen molar-refractivity contribution in [2.75, 3.05) is 6.61 Å². The Morgan fingerprint density at radius 2 is 2.10 bits per heavy atom. The lowest BCUT2D eigenvalue weighted by Gasteiger charge is -2.26. The number of benzene rings is 2. The maximum absolute atomic E-state index is 9.51. The normalized spacial score (nSPS) is 17.4. The van der Waals surface area contributed by atoms with Gasteiger partial charge in [-0.15, -0.1) is 0 Å². The van der Waals surface area contributed by atoms with Crippen LogP contribution < -0.4 is 10.1 Å². The van der Waals surface area contributed by atoms with E-state index in [9.17, 15) is 5.11 Å². The topological polar surface area (TPSA) is 41.5 Å². The molecule has 0 aliphatic carbocycles. The minimum atomic E-state index is 0.269. The zero-order valence-electron chi connectivity index (χ0n) is 11.0. The highest BCUT2D eigenvalue weighted by Crippen LogP contribution is 2.32. The summed E-state index contributed by atoms with van der Waals surface area (Å²) in [5, 5.41) is 13.1. The number of phenols is 1. The maximum atomic E-state index is 9.51. The SMILES string of the molecule is Oc1ccc(CNC2CCOc3ccccc32)cc1Br. The fourth-order valence-corrected chi connectivity index (χ4v) is 2.88. The molecule has 1 aliphatic rings. The Kier molecular flexibility index (Phi) is 3.94. The molecule has 104 valence electrons. The van der Waals surface area contributed by atoms with Crippen LogP contribution in [0.5, 0.6) is 11.5 Å². The first kappa shape index (κ1) is 13.5. The van der Waals surface area contributed by atoms with E-state index in [1.165, 1.54) is 5.56 Å². The van der Waals surface area contributed by atoms with Gasteiger partial charge in [-0.1, -0.05) is 24.3 Å². The number of fused-ring (bicyclic) bond motifs is 1. The standard InChI is InChI=1S/C16H16BrNO2/c17-13-9-11(5-6-15(13)19)10-18-14-7-8-20-16-4-2-1-3-12(14)16/h1-6,9,14,18-19H,7-8,10H2. The van der Waals surface area contributed by atoms with Gasteiger partial charge in [0, 0.05) is 24.6 Å². The van der Waals surface area contributed by atoms with Crippen LogP contribution in [0.15, 0.2) is 46.9 Å². The Bertz CT molecular complexity index is 615. The summed E-state index contributed by atoms with van der Waals surface area (Å²) in [6, 6.07) is 14.1. The van der Waals surface area contributed by atoms with E-state index in [2.05, 4.69) is 27.3 Å². The number of hydrogen-bond acceptors (Lipinski definition) is 3. The molecule has 3 nitrogen and oxygen atoms in total. The molecule has 2 aromatic rings. The van der Waals surface area contributed by atoms with E-state index >= 15 is 0 Å². The number of aromatic hydroxyl groups is 1. The quantitative estimate of drug-likeness (QED) is 0.898. The van der Waals surface area contributed by atoms with Crippen LogP contribution in [0, 0.1) is 0 Å². The van der Waals surface area contributed by atoms with Gasteiger partial charge < -0.3 is 15.2 Å². The fourth-order valence-electron chi connectivity index (χ4n) is 2.46. The lowest BCUT2D eigenvalue weighted by atomic mass is 10.0. The number of para-hydroxylation sites is 1. The van der Waals surface area contributed by atoms with Crippen LogP contribution in [-0.2, 0) is 6.54 Å². The average molecular weight is 334 g/mol. The van der Waals surface area contributed by atoms with E-state index in [1.54, 1.807) is 6.07 Å². The summed E-state index contributed by atoms with van der Waals surface area (Å²) < 4.78 is 6.39. The largest absolute Gasteiger partial charge is 0.507 e. The molecule has 0 radical (unpaired) electrons. The van der Waals surface area contributed by atoms with Crippen molar-refractivity contribution in [2.24, 2.45) is 0 Å². The zero-order chi connectivity index (χ0) is 13.9. The highest BCUT2D eigenvalue weighted by Gasteiger charge is 2.20. The first-order valence-electron chi connectivity index (χ1n) is 6.66. The predicted molar refractivity (Wildman–Crippen MR) is 81.9 cm³/mol. The van der Waals surface area contributed by atoms with Gasteiger partial charge in [0.05, 0.1) is 11.1 Å². The van der Waals surface area contributed by atoms with Crippen molar-refractivity contribution < 1.29 is 9.84 Å². The summed E-state index contributed by atoms with van der Waals surface area (Å²) in [7, 11) is 0. The van der Waals surface area contributed by atoms with Gasteiger partial charge in [0.25, 0.3) is 0 Å². The molecule has 0 spiro atoms. The molecule has 0 saturated carbocycles. The molecule has 20 heavy (non-hydrogen) atoms. The number of hydrogen-bond donors (Lipinski definition) is 2. The summed E-state index contributed by atoms with van der Waals surface area (Å²) in [6.45, 7) is 1.51. The highest BCUT2D eigenvalue weighted by atomic mass is 79.9. The van der Waals surface area contributed by atoms with Gasteiger partial charge in [-0.3, -0.25) is 0 Å². The number of nitrogens with one attached hydrogen (secondary N) is 1. The molecule has 0 amide bonds. The van der Waals surface area contributed by atoms with E-state index in [1.807, 2.05) is 30.3 Å². The summed E-state index contributed by atoms with van der Waals surface area (Å²) in [4.78, 5) is 0. The van der Waals surface area contributed by atoms with Crippen LogP contribution in [0.1, 0.15) is 23.6 Å². The van der Waals surface area contributed by atoms with Crippen LogP contribution in [0.2, 0.25) is 0 Å². The minimum Gasteiger partial charge on any atom is -0.507 e. The third-order valence-electron chi connectivity index (χ3n) is 3.52. The van der Waals surface area contributed by atoms with Crippen LogP contribution in [0.3, 0.4) is 0 Å². The van der Waals surface area contributed by atoms with Crippen LogP contribution in [-0.4, -0.2) is 11.7 Å². The molecule has 1 unspecified atom stereocenters. The first-order valence-corrected chi connectivity index (χ1v) is 7.46. The van der Waals surface area contributed by atoms with Crippen LogP contribution in [0.25, 0.3) is 0 Å². The van der Waals surface area contributed by atoms with Crippen molar-refractivity contribution in [2.45, 2.75) is 19.0 Å². The van der Waals surface area contributed by atoms with Crippen molar-refractivity contribution in [3.05, 3.63) is 58.1 Å². The summed E-state index contributed by atoms with van der Waals surface area (Å²) in [5.41, 5.74) is 2.36. The molecule has 0 saturated heterocycles. The van der Waals surface area contributed by atoms with Gasteiger partial charge in [-0.2, -0.15) is 0 Å². The molecule has 1 atom stereocenters. The summed E-state index contributed by atoms with van der Waals surface area (Å²) in [6.07, 6.45) is 0.969. The van der Waals surface area contributed by atoms with Gasteiger partial charge >= 0.3 is 0 Å². The Morgan fingerprint density at radius 3 is 2.95 bits per heavy atom. The molecule has 2 aromatic carbocycles. The molecular formula is C16H16BrNO2. The van der Waals surface area contributed by atoms with Gasteiger partial charge in [0.2, 0.25) is 0 Å². The van der Waals surface area contributed by atoms with Gasteiger partial charge in [-0.05, 0) is 39.7 Å². The smallest absolute Gasteiger partial charge is 0.129 e. The van der Waals surface area contributed by atoms with Crippen molar-refractivity contribution in [1.29, 1.82) is 0 Å². The Morgan fingerprint density at radius 1 is 1.25 bits per heavy atom. The molecule has 1 aliphatic heterocycles. The van der Waals surface area contributed by atoms with E-state index < -0.39 is 0 Å². The number of phenolic OH excluding ortho intramolecular Hbond substituents is 1. The van der Waals surface area contributed by atoms with E-state index in [0.29, 0.717) is 6.04 Å². The van der Waals surface area contributed by atoms with Crippen molar-refractivity contribution in [3.63, 3.8) is 0 Å².